The van der Waals surface area contributed by atoms with Crippen LogP contribution < -0.4 is 10.6 Å². The Balaban J connectivity index is 2.07. The van der Waals surface area contributed by atoms with Crippen molar-refractivity contribution in [3.8, 4) is 0 Å². The lowest BCUT2D eigenvalue weighted by molar-refractivity contribution is 0.149. The summed E-state index contributed by atoms with van der Waals surface area (Å²) in [4.78, 5) is 0. The van der Waals surface area contributed by atoms with Crippen LogP contribution in [-0.4, -0.2) is 25.2 Å². The maximum absolute atomic E-state index is 3.76. The van der Waals surface area contributed by atoms with Crippen LogP contribution in [0.4, 0.5) is 0 Å². The van der Waals surface area contributed by atoms with E-state index in [4.69, 9.17) is 0 Å². The Hall–Kier alpha value is -0.340. The standard InChI is InChI=1S/C18H34N2/c1-17(2,3)13-7-9-19-15(11-13)16-12-14(8-10-20-16)18(4,5)6/h11,14-16,19-20H,7-10,12H2,1-6H3. The zero-order chi connectivity index (χ0) is 15.0. The van der Waals surface area contributed by atoms with Crippen LogP contribution in [0.5, 0.6) is 0 Å². The smallest absolute Gasteiger partial charge is 0.0408 e. The van der Waals surface area contributed by atoms with Gasteiger partial charge in [0.1, 0.15) is 0 Å². The highest BCUT2D eigenvalue weighted by Crippen LogP contribution is 2.36. The summed E-state index contributed by atoms with van der Waals surface area (Å²) in [5.41, 5.74) is 2.38. The lowest BCUT2D eigenvalue weighted by Gasteiger charge is -2.42. The third-order valence-electron chi connectivity index (χ3n) is 5.21. The fourth-order valence-corrected chi connectivity index (χ4v) is 3.63. The summed E-state index contributed by atoms with van der Waals surface area (Å²) in [5, 5.41) is 7.48. The minimum Gasteiger partial charge on any atom is -0.312 e. The van der Waals surface area contributed by atoms with Crippen molar-refractivity contribution in [2.24, 2.45) is 16.7 Å². The Kier molecular flexibility index (Phi) is 4.66. The molecule has 1 saturated heterocycles. The van der Waals surface area contributed by atoms with Gasteiger partial charge in [-0.05, 0) is 49.1 Å². The molecule has 0 bridgehead atoms. The largest absolute Gasteiger partial charge is 0.312 e. The second-order valence-corrected chi connectivity index (χ2v) is 8.82. The molecule has 0 aromatic carbocycles. The van der Waals surface area contributed by atoms with Gasteiger partial charge in [0.15, 0.2) is 0 Å². The zero-order valence-electron chi connectivity index (χ0n) is 14.3. The normalized spacial score (nSPS) is 32.9. The molecule has 0 aliphatic carbocycles. The van der Waals surface area contributed by atoms with E-state index in [1.54, 1.807) is 5.57 Å². The number of piperidine rings is 1. The first-order valence-corrected chi connectivity index (χ1v) is 8.36. The molecule has 0 spiro atoms. The van der Waals surface area contributed by atoms with E-state index in [2.05, 4.69) is 58.3 Å². The highest BCUT2D eigenvalue weighted by molar-refractivity contribution is 5.19. The van der Waals surface area contributed by atoms with Crippen LogP contribution in [0.3, 0.4) is 0 Å². The van der Waals surface area contributed by atoms with Gasteiger partial charge in [-0.25, -0.2) is 0 Å². The van der Waals surface area contributed by atoms with Crippen LogP contribution in [0, 0.1) is 16.7 Å². The van der Waals surface area contributed by atoms with Gasteiger partial charge in [0.2, 0.25) is 0 Å². The highest BCUT2D eigenvalue weighted by Gasteiger charge is 2.34. The Labute approximate surface area is 125 Å². The van der Waals surface area contributed by atoms with E-state index >= 15 is 0 Å². The second-order valence-electron chi connectivity index (χ2n) is 8.82. The third-order valence-corrected chi connectivity index (χ3v) is 5.21. The Morgan fingerprint density at radius 1 is 1.00 bits per heavy atom. The predicted octanol–water partition coefficient (Wildman–Crippen LogP) is 3.74. The minimum atomic E-state index is 0.318. The Morgan fingerprint density at radius 3 is 2.30 bits per heavy atom. The number of nitrogens with one attached hydrogen (secondary N) is 2. The monoisotopic (exact) mass is 278 g/mol. The van der Waals surface area contributed by atoms with Crippen molar-refractivity contribution >= 4 is 0 Å². The molecule has 2 heterocycles. The lowest BCUT2D eigenvalue weighted by atomic mass is 9.72. The van der Waals surface area contributed by atoms with E-state index in [0.29, 0.717) is 22.9 Å². The average Bonchev–Trinajstić information content (AvgIpc) is 2.37. The molecule has 0 aromatic heterocycles. The second kappa shape index (κ2) is 5.81. The summed E-state index contributed by atoms with van der Waals surface area (Å²) in [6, 6.07) is 1.12. The van der Waals surface area contributed by atoms with Crippen molar-refractivity contribution < 1.29 is 0 Å². The molecule has 3 atom stereocenters. The topological polar surface area (TPSA) is 24.1 Å². The molecule has 0 radical (unpaired) electrons. The van der Waals surface area contributed by atoms with Crippen LogP contribution in [0.15, 0.2) is 11.6 Å². The third kappa shape index (κ3) is 3.85. The van der Waals surface area contributed by atoms with Crippen LogP contribution in [0.25, 0.3) is 0 Å². The maximum atomic E-state index is 3.76. The fraction of sp³-hybridized carbons (Fsp3) is 0.889. The number of hydrogen-bond donors (Lipinski definition) is 2. The van der Waals surface area contributed by atoms with Crippen LogP contribution >= 0.6 is 0 Å². The van der Waals surface area contributed by atoms with E-state index < -0.39 is 0 Å². The van der Waals surface area contributed by atoms with Gasteiger partial charge in [0.25, 0.3) is 0 Å². The molecule has 2 nitrogen and oxygen atoms in total. The molecule has 3 unspecified atom stereocenters. The minimum absolute atomic E-state index is 0.318. The van der Waals surface area contributed by atoms with Crippen LogP contribution in [0.2, 0.25) is 0 Å². The molecule has 2 N–H and O–H groups in total. The van der Waals surface area contributed by atoms with Gasteiger partial charge >= 0.3 is 0 Å². The summed E-state index contributed by atoms with van der Waals surface area (Å²) >= 11 is 0. The van der Waals surface area contributed by atoms with Crippen LogP contribution in [0.1, 0.15) is 60.8 Å². The van der Waals surface area contributed by atoms with Gasteiger partial charge in [0.05, 0.1) is 0 Å². The van der Waals surface area contributed by atoms with Gasteiger partial charge in [-0.2, -0.15) is 0 Å². The molecule has 2 rings (SSSR count). The van der Waals surface area contributed by atoms with E-state index in [-0.39, 0.29) is 0 Å². The first kappa shape index (κ1) is 16.0. The van der Waals surface area contributed by atoms with E-state index in [9.17, 15) is 0 Å². The molecule has 20 heavy (non-hydrogen) atoms. The molecule has 2 aliphatic heterocycles. The van der Waals surface area contributed by atoms with Crippen molar-refractivity contribution in [3.63, 3.8) is 0 Å². The molecular formula is C18H34N2. The van der Waals surface area contributed by atoms with E-state index in [1.807, 2.05) is 0 Å². The van der Waals surface area contributed by atoms with Crippen molar-refractivity contribution in [2.75, 3.05) is 13.1 Å². The van der Waals surface area contributed by atoms with Crippen LogP contribution in [-0.2, 0) is 0 Å². The molecule has 0 saturated carbocycles. The molecule has 0 aromatic rings. The molecule has 2 aliphatic rings. The Bertz CT molecular complexity index is 357. The van der Waals surface area contributed by atoms with Crippen molar-refractivity contribution in [3.05, 3.63) is 11.6 Å². The van der Waals surface area contributed by atoms with Crippen molar-refractivity contribution in [1.29, 1.82) is 0 Å². The zero-order valence-corrected chi connectivity index (χ0v) is 14.3. The first-order valence-electron chi connectivity index (χ1n) is 8.36. The first-order chi connectivity index (χ1) is 9.18. The number of hydrogen-bond acceptors (Lipinski definition) is 2. The average molecular weight is 278 g/mol. The molecule has 0 amide bonds. The van der Waals surface area contributed by atoms with E-state index in [0.717, 1.165) is 12.5 Å². The SMILES string of the molecule is CC(C)(C)C1=CC(C2CC(C(C)(C)C)CCN2)NCC1. The van der Waals surface area contributed by atoms with Crippen molar-refractivity contribution in [1.82, 2.24) is 10.6 Å². The van der Waals surface area contributed by atoms with Gasteiger partial charge in [0, 0.05) is 12.1 Å². The fourth-order valence-electron chi connectivity index (χ4n) is 3.63. The van der Waals surface area contributed by atoms with E-state index in [1.165, 1.54) is 25.8 Å². The lowest BCUT2D eigenvalue weighted by Crippen LogP contribution is -2.54. The summed E-state index contributed by atoms with van der Waals surface area (Å²) < 4.78 is 0. The van der Waals surface area contributed by atoms with Gasteiger partial charge < -0.3 is 10.6 Å². The summed E-state index contributed by atoms with van der Waals surface area (Å²) in [6.07, 6.45) is 6.35. The summed E-state index contributed by atoms with van der Waals surface area (Å²) in [7, 11) is 0. The summed E-state index contributed by atoms with van der Waals surface area (Å²) in [5.74, 6) is 0.837. The predicted molar refractivity (Wildman–Crippen MR) is 87.9 cm³/mol. The number of rotatable bonds is 1. The van der Waals surface area contributed by atoms with Crippen molar-refractivity contribution in [2.45, 2.75) is 72.9 Å². The Morgan fingerprint density at radius 2 is 1.70 bits per heavy atom. The maximum Gasteiger partial charge on any atom is 0.0408 e. The quantitative estimate of drug-likeness (QED) is 0.714. The summed E-state index contributed by atoms with van der Waals surface area (Å²) in [6.45, 7) is 16.5. The molecular weight excluding hydrogens is 244 g/mol. The van der Waals surface area contributed by atoms with Gasteiger partial charge in [-0.1, -0.05) is 53.2 Å². The van der Waals surface area contributed by atoms with Gasteiger partial charge in [-0.3, -0.25) is 0 Å². The molecule has 1 fully saturated rings. The molecule has 116 valence electrons. The van der Waals surface area contributed by atoms with Gasteiger partial charge in [-0.15, -0.1) is 0 Å². The highest BCUT2D eigenvalue weighted by atomic mass is 15.0. The molecule has 2 heteroatoms.